The fourth-order valence-corrected chi connectivity index (χ4v) is 3.69. The minimum Gasteiger partial charge on any atom is -0.484 e. The largest absolute Gasteiger partial charge is 0.484 e. The molecule has 1 saturated carbocycles. The molecule has 29 heavy (non-hydrogen) atoms. The zero-order valence-electron chi connectivity index (χ0n) is 17.3. The Morgan fingerprint density at radius 2 is 1.83 bits per heavy atom. The van der Waals surface area contributed by atoms with E-state index in [1.54, 1.807) is 11.8 Å². The first-order chi connectivity index (χ1) is 14.0. The summed E-state index contributed by atoms with van der Waals surface area (Å²) >= 11 is 0. The second-order valence-corrected chi connectivity index (χ2v) is 7.78. The molecule has 154 valence electrons. The van der Waals surface area contributed by atoms with Crippen LogP contribution in [-0.2, 0) is 16.1 Å². The zero-order valence-corrected chi connectivity index (χ0v) is 17.3. The highest BCUT2D eigenvalue weighted by atomic mass is 16.5. The van der Waals surface area contributed by atoms with Crippen LogP contribution in [0.5, 0.6) is 5.75 Å². The maximum Gasteiger partial charge on any atom is 0.261 e. The molecule has 0 heterocycles. The van der Waals surface area contributed by atoms with Crippen molar-refractivity contribution < 1.29 is 14.3 Å². The first kappa shape index (κ1) is 20.9. The Morgan fingerprint density at radius 1 is 1.10 bits per heavy atom. The lowest BCUT2D eigenvalue weighted by Gasteiger charge is -2.29. The predicted octanol–water partition coefficient (Wildman–Crippen LogP) is 3.85. The lowest BCUT2D eigenvalue weighted by Crippen LogP contribution is -2.50. The van der Waals surface area contributed by atoms with E-state index >= 15 is 0 Å². The van der Waals surface area contributed by atoms with Crippen molar-refractivity contribution >= 4 is 11.8 Å². The van der Waals surface area contributed by atoms with Crippen LogP contribution in [0.25, 0.3) is 0 Å². The van der Waals surface area contributed by atoms with Gasteiger partial charge >= 0.3 is 0 Å². The third-order valence-electron chi connectivity index (χ3n) is 5.42. The number of nitrogens with zero attached hydrogens (tertiary/aromatic N) is 1. The van der Waals surface area contributed by atoms with Crippen molar-refractivity contribution in [2.24, 2.45) is 0 Å². The van der Waals surface area contributed by atoms with Crippen LogP contribution in [0.3, 0.4) is 0 Å². The molecule has 5 nitrogen and oxygen atoms in total. The Balaban J connectivity index is 1.68. The third-order valence-corrected chi connectivity index (χ3v) is 5.42. The summed E-state index contributed by atoms with van der Waals surface area (Å²) in [5.74, 6) is 0.349. The number of carbonyl (C=O) groups is 2. The smallest absolute Gasteiger partial charge is 0.261 e. The Morgan fingerprint density at radius 3 is 2.52 bits per heavy atom. The minimum atomic E-state index is -0.565. The Bertz CT molecular complexity index is 816. The molecular weight excluding hydrogens is 364 g/mol. The molecule has 0 spiro atoms. The van der Waals surface area contributed by atoms with Crippen molar-refractivity contribution in [1.29, 1.82) is 0 Å². The fourth-order valence-electron chi connectivity index (χ4n) is 3.69. The highest BCUT2D eigenvalue weighted by Gasteiger charge is 2.28. The highest BCUT2D eigenvalue weighted by molar-refractivity contribution is 5.88. The normalized spacial score (nSPS) is 15.0. The van der Waals surface area contributed by atoms with Gasteiger partial charge < -0.3 is 15.0 Å². The SMILES string of the molecule is Cc1cccc(OCC(=O)N(Cc2ccccc2)C(C)C(=O)NC2CCCC2)c1. The number of nitrogens with one attached hydrogen (secondary N) is 1. The summed E-state index contributed by atoms with van der Waals surface area (Å²) in [7, 11) is 0. The van der Waals surface area contributed by atoms with Crippen molar-refractivity contribution in [3.63, 3.8) is 0 Å². The van der Waals surface area contributed by atoms with Gasteiger partial charge in [0.05, 0.1) is 0 Å². The van der Waals surface area contributed by atoms with Gasteiger partial charge in [-0.05, 0) is 49.9 Å². The summed E-state index contributed by atoms with van der Waals surface area (Å²) < 4.78 is 5.71. The first-order valence-electron chi connectivity index (χ1n) is 10.4. The summed E-state index contributed by atoms with van der Waals surface area (Å²) in [6.07, 6.45) is 4.33. The molecule has 2 aromatic carbocycles. The van der Waals surface area contributed by atoms with Gasteiger partial charge in [-0.3, -0.25) is 9.59 Å². The molecule has 2 amide bonds. The van der Waals surface area contributed by atoms with Gasteiger partial charge in [0.1, 0.15) is 11.8 Å². The zero-order chi connectivity index (χ0) is 20.6. The lowest BCUT2D eigenvalue weighted by molar-refractivity contribution is -0.142. The monoisotopic (exact) mass is 394 g/mol. The number of ether oxygens (including phenoxy) is 1. The molecule has 0 saturated heterocycles. The average Bonchev–Trinajstić information content (AvgIpc) is 3.23. The van der Waals surface area contributed by atoms with Gasteiger partial charge in [0.25, 0.3) is 5.91 Å². The van der Waals surface area contributed by atoms with E-state index in [4.69, 9.17) is 4.74 Å². The van der Waals surface area contributed by atoms with E-state index in [0.717, 1.165) is 36.8 Å². The van der Waals surface area contributed by atoms with Crippen molar-refractivity contribution in [2.75, 3.05) is 6.61 Å². The van der Waals surface area contributed by atoms with Gasteiger partial charge in [-0.1, -0.05) is 55.3 Å². The molecule has 1 unspecified atom stereocenters. The number of benzene rings is 2. The van der Waals surface area contributed by atoms with Crippen molar-refractivity contribution in [2.45, 2.75) is 58.2 Å². The molecule has 1 N–H and O–H groups in total. The standard InChI is InChI=1S/C24H30N2O3/c1-18-9-8-14-22(15-18)29-17-23(27)26(16-20-10-4-3-5-11-20)19(2)24(28)25-21-12-6-7-13-21/h3-5,8-11,14-15,19,21H,6-7,12-13,16-17H2,1-2H3,(H,25,28). The quantitative estimate of drug-likeness (QED) is 0.740. The molecule has 1 atom stereocenters. The van der Waals surface area contributed by atoms with Crippen LogP contribution in [0, 0.1) is 6.92 Å². The molecule has 0 bridgehead atoms. The molecule has 1 fully saturated rings. The fraction of sp³-hybridized carbons (Fsp3) is 0.417. The molecule has 0 aliphatic heterocycles. The summed E-state index contributed by atoms with van der Waals surface area (Å²) in [6, 6.07) is 17.0. The molecule has 0 aromatic heterocycles. The number of rotatable bonds is 8. The third kappa shape index (κ3) is 6.08. The van der Waals surface area contributed by atoms with Crippen LogP contribution < -0.4 is 10.1 Å². The number of hydrogen-bond donors (Lipinski definition) is 1. The molecule has 1 aliphatic rings. The molecule has 5 heteroatoms. The van der Waals surface area contributed by atoms with Gasteiger partial charge in [0, 0.05) is 12.6 Å². The Hall–Kier alpha value is -2.82. The van der Waals surface area contributed by atoms with E-state index in [1.165, 1.54) is 0 Å². The van der Waals surface area contributed by atoms with E-state index < -0.39 is 6.04 Å². The van der Waals surface area contributed by atoms with Gasteiger partial charge in [-0.2, -0.15) is 0 Å². The second-order valence-electron chi connectivity index (χ2n) is 7.78. The predicted molar refractivity (Wildman–Crippen MR) is 114 cm³/mol. The van der Waals surface area contributed by atoms with Crippen LogP contribution in [0.2, 0.25) is 0 Å². The molecular formula is C24H30N2O3. The van der Waals surface area contributed by atoms with E-state index in [-0.39, 0.29) is 24.5 Å². The molecule has 3 rings (SSSR count). The number of carbonyl (C=O) groups excluding carboxylic acids is 2. The van der Waals surface area contributed by atoms with E-state index in [0.29, 0.717) is 12.3 Å². The maximum atomic E-state index is 13.0. The molecule has 0 radical (unpaired) electrons. The summed E-state index contributed by atoms with van der Waals surface area (Å²) in [5, 5.41) is 3.11. The second kappa shape index (κ2) is 10.1. The summed E-state index contributed by atoms with van der Waals surface area (Å²) in [6.45, 7) is 4.04. The average molecular weight is 395 g/mol. The van der Waals surface area contributed by atoms with Gasteiger partial charge in [0.2, 0.25) is 5.91 Å². The van der Waals surface area contributed by atoms with Crippen molar-refractivity contribution in [3.05, 3.63) is 65.7 Å². The van der Waals surface area contributed by atoms with Crippen molar-refractivity contribution in [1.82, 2.24) is 10.2 Å². The van der Waals surface area contributed by atoms with Gasteiger partial charge in [-0.25, -0.2) is 0 Å². The van der Waals surface area contributed by atoms with Crippen molar-refractivity contribution in [3.8, 4) is 5.75 Å². The van der Waals surface area contributed by atoms with Crippen LogP contribution in [0.4, 0.5) is 0 Å². The summed E-state index contributed by atoms with van der Waals surface area (Å²) in [5.41, 5.74) is 2.05. The highest BCUT2D eigenvalue weighted by Crippen LogP contribution is 2.19. The van der Waals surface area contributed by atoms with Gasteiger partial charge in [0.15, 0.2) is 6.61 Å². The Kier molecular flexibility index (Phi) is 7.28. The van der Waals surface area contributed by atoms with E-state index in [9.17, 15) is 9.59 Å². The number of aryl methyl sites for hydroxylation is 1. The Labute approximate surface area is 173 Å². The van der Waals surface area contributed by atoms with Crippen LogP contribution in [0.1, 0.15) is 43.7 Å². The van der Waals surface area contributed by atoms with E-state index in [2.05, 4.69) is 5.32 Å². The maximum absolute atomic E-state index is 13.0. The number of hydrogen-bond acceptors (Lipinski definition) is 3. The molecule has 1 aliphatic carbocycles. The number of amides is 2. The minimum absolute atomic E-state index is 0.0999. The first-order valence-corrected chi connectivity index (χ1v) is 10.4. The van der Waals surface area contributed by atoms with Gasteiger partial charge in [-0.15, -0.1) is 0 Å². The van der Waals surface area contributed by atoms with E-state index in [1.807, 2.05) is 61.5 Å². The van der Waals surface area contributed by atoms with Crippen LogP contribution >= 0.6 is 0 Å². The van der Waals surface area contributed by atoms with Crippen LogP contribution in [0.15, 0.2) is 54.6 Å². The lowest BCUT2D eigenvalue weighted by atomic mass is 10.1. The summed E-state index contributed by atoms with van der Waals surface area (Å²) in [4.78, 5) is 27.4. The molecule has 2 aromatic rings. The topological polar surface area (TPSA) is 58.6 Å². The van der Waals surface area contributed by atoms with Crippen LogP contribution in [-0.4, -0.2) is 35.4 Å².